The maximum absolute atomic E-state index is 13.5. The van der Waals surface area contributed by atoms with Gasteiger partial charge >= 0.3 is 12.1 Å². The molecule has 0 radical (unpaired) electrons. The molecular formula is C27H27F3N2O3. The van der Waals surface area contributed by atoms with Crippen LogP contribution in [0.2, 0.25) is 0 Å². The minimum Gasteiger partial charge on any atom is -0.494 e. The first-order valence-corrected chi connectivity index (χ1v) is 11.6. The van der Waals surface area contributed by atoms with Gasteiger partial charge in [-0.2, -0.15) is 13.2 Å². The zero-order valence-electron chi connectivity index (χ0n) is 19.4. The molecule has 0 amide bonds. The summed E-state index contributed by atoms with van der Waals surface area (Å²) in [5, 5.41) is 12.1. The number of nitrogens with one attached hydrogen (secondary N) is 1. The summed E-state index contributed by atoms with van der Waals surface area (Å²) >= 11 is 0. The molecule has 0 spiro atoms. The van der Waals surface area contributed by atoms with Crippen molar-refractivity contribution >= 4 is 11.8 Å². The van der Waals surface area contributed by atoms with E-state index in [1.807, 2.05) is 25.1 Å². The van der Waals surface area contributed by atoms with Gasteiger partial charge in [0.15, 0.2) is 0 Å². The molecule has 0 unspecified atom stereocenters. The summed E-state index contributed by atoms with van der Waals surface area (Å²) in [5.41, 5.74) is 2.72. The van der Waals surface area contributed by atoms with E-state index in [0.29, 0.717) is 31.0 Å². The Labute approximate surface area is 202 Å². The summed E-state index contributed by atoms with van der Waals surface area (Å²) in [4.78, 5) is 15.3. The third-order valence-corrected chi connectivity index (χ3v) is 6.16. The quantitative estimate of drug-likeness (QED) is 0.341. The molecule has 4 rings (SSSR count). The van der Waals surface area contributed by atoms with Crippen LogP contribution < -0.4 is 10.1 Å². The first-order valence-electron chi connectivity index (χ1n) is 11.6. The van der Waals surface area contributed by atoms with E-state index in [1.54, 1.807) is 24.3 Å². The van der Waals surface area contributed by atoms with Crippen molar-refractivity contribution < 1.29 is 27.8 Å². The Balaban J connectivity index is 1.33. The lowest BCUT2D eigenvalue weighted by Crippen LogP contribution is -2.12. The molecule has 0 saturated carbocycles. The number of hydrogen-bond acceptors (Lipinski definition) is 4. The van der Waals surface area contributed by atoms with Crippen LogP contribution in [0.1, 0.15) is 47.4 Å². The molecule has 184 valence electrons. The third kappa shape index (κ3) is 6.12. The van der Waals surface area contributed by atoms with Crippen LogP contribution in [0.4, 0.5) is 19.0 Å². The van der Waals surface area contributed by atoms with Crippen LogP contribution in [0.5, 0.6) is 5.75 Å². The molecule has 2 N–H and O–H groups in total. The lowest BCUT2D eigenvalue weighted by Gasteiger charge is -2.15. The van der Waals surface area contributed by atoms with E-state index in [1.165, 1.54) is 6.07 Å². The fourth-order valence-corrected chi connectivity index (χ4v) is 4.39. The van der Waals surface area contributed by atoms with Gasteiger partial charge in [0.25, 0.3) is 0 Å². The third-order valence-electron chi connectivity index (χ3n) is 6.16. The number of anilines is 1. The van der Waals surface area contributed by atoms with Crippen molar-refractivity contribution in [2.45, 2.75) is 44.7 Å². The molecule has 35 heavy (non-hydrogen) atoms. The van der Waals surface area contributed by atoms with Gasteiger partial charge in [0.1, 0.15) is 11.6 Å². The van der Waals surface area contributed by atoms with Gasteiger partial charge in [0.2, 0.25) is 0 Å². The standard InChI is InChI=1S/C27H27F3N2O3/c1-17-3-5-18(6-4-17)26-23(27(28,29)30)11-12-24(32-26)31-13-2-14-35-21-9-10-22-19(15-21)7-8-20(22)16-25(33)34/h3-6,9-12,15,20H,2,7-8,13-14,16H2,1H3,(H,31,32)(H,33,34)/t20-/m0/s1. The summed E-state index contributed by atoms with van der Waals surface area (Å²) in [6, 6.07) is 15.0. The second-order valence-electron chi connectivity index (χ2n) is 8.78. The molecule has 0 fully saturated rings. The van der Waals surface area contributed by atoms with Gasteiger partial charge < -0.3 is 15.2 Å². The van der Waals surface area contributed by atoms with E-state index in [0.717, 1.165) is 41.3 Å². The Morgan fingerprint density at radius 1 is 1.14 bits per heavy atom. The van der Waals surface area contributed by atoms with Crippen molar-refractivity contribution in [2.24, 2.45) is 0 Å². The average Bonchev–Trinajstić information content (AvgIpc) is 3.20. The Morgan fingerprint density at radius 3 is 2.63 bits per heavy atom. The van der Waals surface area contributed by atoms with Crippen LogP contribution in [0.3, 0.4) is 0 Å². The summed E-state index contributed by atoms with van der Waals surface area (Å²) in [6.07, 6.45) is -2.05. The Bertz CT molecular complexity index is 1190. The van der Waals surface area contributed by atoms with Crippen LogP contribution in [0, 0.1) is 6.92 Å². The van der Waals surface area contributed by atoms with Crippen molar-refractivity contribution in [3.63, 3.8) is 0 Å². The van der Waals surface area contributed by atoms with Gasteiger partial charge in [-0.1, -0.05) is 35.9 Å². The monoisotopic (exact) mass is 484 g/mol. The summed E-state index contributed by atoms with van der Waals surface area (Å²) < 4.78 is 46.4. The van der Waals surface area contributed by atoms with Crippen molar-refractivity contribution in [1.82, 2.24) is 4.98 Å². The van der Waals surface area contributed by atoms with Gasteiger partial charge in [0.05, 0.1) is 24.3 Å². The highest BCUT2D eigenvalue weighted by atomic mass is 19.4. The number of carboxylic acid groups (broad SMARTS) is 1. The average molecular weight is 485 g/mol. The van der Waals surface area contributed by atoms with Crippen molar-refractivity contribution in [3.8, 4) is 17.0 Å². The molecule has 0 aliphatic heterocycles. The van der Waals surface area contributed by atoms with Crippen molar-refractivity contribution in [1.29, 1.82) is 0 Å². The van der Waals surface area contributed by atoms with Gasteiger partial charge in [-0.05, 0) is 67.5 Å². The van der Waals surface area contributed by atoms with Gasteiger partial charge in [0, 0.05) is 12.1 Å². The number of halogens is 3. The zero-order chi connectivity index (χ0) is 25.0. The Hall–Kier alpha value is -3.55. The fourth-order valence-electron chi connectivity index (χ4n) is 4.39. The normalized spacial score (nSPS) is 15.0. The highest BCUT2D eigenvalue weighted by molar-refractivity contribution is 5.68. The van der Waals surface area contributed by atoms with Crippen LogP contribution >= 0.6 is 0 Å². The van der Waals surface area contributed by atoms with E-state index in [-0.39, 0.29) is 18.0 Å². The molecule has 1 aromatic heterocycles. The minimum atomic E-state index is -4.50. The van der Waals surface area contributed by atoms with Crippen LogP contribution in [-0.4, -0.2) is 29.2 Å². The Kier molecular flexibility index (Phi) is 7.28. The van der Waals surface area contributed by atoms with Crippen molar-refractivity contribution in [3.05, 3.63) is 76.9 Å². The zero-order valence-corrected chi connectivity index (χ0v) is 19.4. The highest BCUT2D eigenvalue weighted by Crippen LogP contribution is 2.38. The number of alkyl halides is 3. The first-order chi connectivity index (χ1) is 16.7. The van der Waals surface area contributed by atoms with E-state index < -0.39 is 17.7 Å². The maximum atomic E-state index is 13.5. The number of aliphatic carboxylic acids is 1. The van der Waals surface area contributed by atoms with E-state index in [4.69, 9.17) is 9.84 Å². The number of aromatic nitrogens is 1. The minimum absolute atomic E-state index is 0.0572. The van der Waals surface area contributed by atoms with Crippen LogP contribution in [0.15, 0.2) is 54.6 Å². The number of ether oxygens (including phenoxy) is 1. The van der Waals surface area contributed by atoms with Gasteiger partial charge in [-0.25, -0.2) is 4.98 Å². The number of rotatable bonds is 9. The number of fused-ring (bicyclic) bond motifs is 1. The van der Waals surface area contributed by atoms with E-state index >= 15 is 0 Å². The SMILES string of the molecule is Cc1ccc(-c2nc(NCCCOc3ccc4c(c3)CC[C@H]4CC(=O)O)ccc2C(F)(F)F)cc1. The largest absolute Gasteiger partial charge is 0.494 e. The van der Waals surface area contributed by atoms with E-state index in [2.05, 4.69) is 10.3 Å². The second-order valence-corrected chi connectivity index (χ2v) is 8.78. The number of carbonyl (C=O) groups is 1. The first kappa shape index (κ1) is 24.6. The molecule has 5 nitrogen and oxygen atoms in total. The molecule has 1 atom stereocenters. The molecule has 0 bridgehead atoms. The van der Waals surface area contributed by atoms with Crippen LogP contribution in [0.25, 0.3) is 11.3 Å². The molecule has 2 aromatic carbocycles. The lowest BCUT2D eigenvalue weighted by atomic mass is 9.98. The maximum Gasteiger partial charge on any atom is 0.418 e. The number of hydrogen-bond donors (Lipinski definition) is 2. The second kappa shape index (κ2) is 10.4. The Morgan fingerprint density at radius 2 is 1.91 bits per heavy atom. The van der Waals surface area contributed by atoms with Crippen molar-refractivity contribution in [2.75, 3.05) is 18.5 Å². The summed E-state index contributed by atoms with van der Waals surface area (Å²) in [5.74, 6) is 0.371. The molecule has 8 heteroatoms. The molecule has 3 aromatic rings. The summed E-state index contributed by atoms with van der Waals surface area (Å²) in [6.45, 7) is 2.79. The van der Waals surface area contributed by atoms with E-state index in [9.17, 15) is 18.0 Å². The van der Waals surface area contributed by atoms with Gasteiger partial charge in [-0.3, -0.25) is 4.79 Å². The molecule has 1 aliphatic carbocycles. The fraction of sp³-hybridized carbons (Fsp3) is 0.333. The predicted molar refractivity (Wildman–Crippen MR) is 128 cm³/mol. The smallest absolute Gasteiger partial charge is 0.418 e. The molecular weight excluding hydrogens is 457 g/mol. The molecule has 0 saturated heterocycles. The summed E-state index contributed by atoms with van der Waals surface area (Å²) in [7, 11) is 0. The van der Waals surface area contributed by atoms with Crippen LogP contribution in [-0.2, 0) is 17.4 Å². The molecule has 1 heterocycles. The van der Waals surface area contributed by atoms with Gasteiger partial charge in [-0.15, -0.1) is 0 Å². The number of benzene rings is 2. The number of nitrogens with zero attached hydrogens (tertiary/aromatic N) is 1. The topological polar surface area (TPSA) is 71.5 Å². The predicted octanol–water partition coefficient (Wildman–Crippen LogP) is 6.46. The number of carboxylic acids is 1. The highest BCUT2D eigenvalue weighted by Gasteiger charge is 2.34. The molecule has 1 aliphatic rings. The number of aryl methyl sites for hydroxylation is 2. The lowest BCUT2D eigenvalue weighted by molar-refractivity contribution is -0.138. The number of pyridine rings is 1.